The van der Waals surface area contributed by atoms with E-state index in [0.29, 0.717) is 67.7 Å². The highest BCUT2D eigenvalue weighted by molar-refractivity contribution is 5.97. The van der Waals surface area contributed by atoms with Crippen LogP contribution in [-0.4, -0.2) is 63.4 Å². The van der Waals surface area contributed by atoms with Crippen molar-refractivity contribution < 1.29 is 14.3 Å². The van der Waals surface area contributed by atoms with Crippen LogP contribution in [0.25, 0.3) is 0 Å². The summed E-state index contributed by atoms with van der Waals surface area (Å²) in [5, 5.41) is 9.73. The van der Waals surface area contributed by atoms with Crippen LogP contribution in [0.3, 0.4) is 0 Å². The third-order valence-corrected chi connectivity index (χ3v) is 7.98. The van der Waals surface area contributed by atoms with Gasteiger partial charge in [0.1, 0.15) is 23.4 Å². The molecule has 0 saturated carbocycles. The molecule has 1 unspecified atom stereocenters. The Morgan fingerprint density at radius 2 is 1.86 bits per heavy atom. The number of hydrogen-bond acceptors (Lipinski definition) is 7. The lowest BCUT2D eigenvalue weighted by Crippen LogP contribution is -2.50. The van der Waals surface area contributed by atoms with Gasteiger partial charge in [0.2, 0.25) is 5.88 Å². The maximum absolute atomic E-state index is 13.7. The number of nitriles is 1. The molecule has 1 N–H and O–H groups in total. The number of amides is 1. The molecule has 1 amide bonds. The van der Waals surface area contributed by atoms with E-state index in [9.17, 15) is 10.1 Å². The number of carbonyl (C=O) groups is 1. The summed E-state index contributed by atoms with van der Waals surface area (Å²) in [6.45, 7) is 11.2. The number of imidazole rings is 1. The van der Waals surface area contributed by atoms with Gasteiger partial charge in [-0.05, 0) is 69.0 Å². The van der Waals surface area contributed by atoms with E-state index in [1.165, 1.54) is 0 Å². The van der Waals surface area contributed by atoms with E-state index in [0.717, 1.165) is 41.2 Å². The van der Waals surface area contributed by atoms with Gasteiger partial charge in [0.15, 0.2) is 0 Å². The fourth-order valence-electron chi connectivity index (χ4n) is 5.56. The van der Waals surface area contributed by atoms with E-state index in [4.69, 9.17) is 9.47 Å². The van der Waals surface area contributed by atoms with Crippen molar-refractivity contribution in [3.8, 4) is 23.4 Å². The highest BCUT2D eigenvalue weighted by Gasteiger charge is 2.30. The summed E-state index contributed by atoms with van der Waals surface area (Å²) in [5.74, 6) is 2.48. The van der Waals surface area contributed by atoms with Crippen LogP contribution in [0.2, 0.25) is 0 Å². The highest BCUT2D eigenvalue weighted by Crippen LogP contribution is 2.31. The smallest absolute Gasteiger partial charge is 0.257 e. The first-order valence-electron chi connectivity index (χ1n) is 15.3. The van der Waals surface area contributed by atoms with Crippen LogP contribution in [0.5, 0.6) is 17.4 Å². The van der Waals surface area contributed by atoms with Crippen molar-refractivity contribution >= 4 is 5.91 Å². The second-order valence-electron chi connectivity index (χ2n) is 11.3. The van der Waals surface area contributed by atoms with Crippen molar-refractivity contribution in [3.63, 3.8) is 0 Å². The molecule has 0 aliphatic carbocycles. The van der Waals surface area contributed by atoms with Crippen LogP contribution in [0.15, 0.2) is 60.8 Å². The normalized spacial score (nSPS) is 14.2. The van der Waals surface area contributed by atoms with Crippen LogP contribution >= 0.6 is 0 Å². The molecule has 1 aliphatic rings. The van der Waals surface area contributed by atoms with E-state index in [2.05, 4.69) is 32.8 Å². The minimum Gasteiger partial charge on any atom is -0.492 e. The zero-order valence-electron chi connectivity index (χ0n) is 26.0. The van der Waals surface area contributed by atoms with Gasteiger partial charge in [-0.2, -0.15) is 5.26 Å². The van der Waals surface area contributed by atoms with Crippen LogP contribution in [0.1, 0.15) is 70.1 Å². The predicted molar refractivity (Wildman–Crippen MR) is 169 cm³/mol. The van der Waals surface area contributed by atoms with E-state index >= 15 is 0 Å². The van der Waals surface area contributed by atoms with Crippen LogP contribution in [-0.2, 0) is 6.42 Å². The molecular weight excluding hydrogens is 552 g/mol. The third-order valence-electron chi connectivity index (χ3n) is 7.98. The standard InChI is InChI=1S/C35H40N6O3/c1-5-6-19-43-34-24(2)9-7-11-29(34)35(42)41-17-15-40(16-18-41)31(30-23-37-26(4)39-30)20-27-13-14-28(22-36)32(21-27)44-33-12-8-10-25(3)38-33/h7-14,21,23,31H,5-6,15-20H2,1-4H3,(H,37,39). The lowest BCUT2D eigenvalue weighted by molar-refractivity contribution is 0.0558. The number of H-pyrrole nitrogens is 1. The summed E-state index contributed by atoms with van der Waals surface area (Å²) in [7, 11) is 0. The summed E-state index contributed by atoms with van der Waals surface area (Å²) in [5.41, 5.74) is 4.93. The van der Waals surface area contributed by atoms with E-state index < -0.39 is 0 Å². The van der Waals surface area contributed by atoms with E-state index in [1.54, 1.807) is 12.1 Å². The lowest BCUT2D eigenvalue weighted by atomic mass is 9.99. The van der Waals surface area contributed by atoms with Gasteiger partial charge in [-0.3, -0.25) is 9.69 Å². The summed E-state index contributed by atoms with van der Waals surface area (Å²) in [6, 6.07) is 19.3. The summed E-state index contributed by atoms with van der Waals surface area (Å²) in [6.07, 6.45) is 4.55. The van der Waals surface area contributed by atoms with Gasteiger partial charge in [0, 0.05) is 44.1 Å². The quantitative estimate of drug-likeness (QED) is 0.203. The molecule has 0 bridgehead atoms. The number of benzene rings is 2. The van der Waals surface area contributed by atoms with Crippen molar-refractivity contribution in [3.05, 3.63) is 100 Å². The second kappa shape index (κ2) is 14.2. The third kappa shape index (κ3) is 7.26. The van der Waals surface area contributed by atoms with Gasteiger partial charge >= 0.3 is 0 Å². The number of rotatable bonds is 11. The zero-order chi connectivity index (χ0) is 31.1. The van der Waals surface area contributed by atoms with Crippen molar-refractivity contribution in [2.24, 2.45) is 0 Å². The van der Waals surface area contributed by atoms with Gasteiger partial charge in [0.25, 0.3) is 5.91 Å². The maximum Gasteiger partial charge on any atom is 0.257 e. The molecule has 1 atom stereocenters. The Morgan fingerprint density at radius 1 is 1.07 bits per heavy atom. The topological polar surface area (TPSA) is 107 Å². The molecule has 44 heavy (non-hydrogen) atoms. The molecule has 9 nitrogen and oxygen atoms in total. The molecule has 1 aliphatic heterocycles. The monoisotopic (exact) mass is 592 g/mol. The Balaban J connectivity index is 1.33. The van der Waals surface area contributed by atoms with Crippen LogP contribution in [0, 0.1) is 32.1 Å². The summed E-state index contributed by atoms with van der Waals surface area (Å²) < 4.78 is 12.1. The molecule has 1 fully saturated rings. The number of hydrogen-bond donors (Lipinski definition) is 1. The zero-order valence-corrected chi connectivity index (χ0v) is 26.0. The number of aromatic amines is 1. The highest BCUT2D eigenvalue weighted by atomic mass is 16.5. The number of nitrogens with zero attached hydrogens (tertiary/aromatic N) is 5. The van der Waals surface area contributed by atoms with Crippen molar-refractivity contribution in [2.75, 3.05) is 32.8 Å². The van der Waals surface area contributed by atoms with Crippen LogP contribution in [0.4, 0.5) is 0 Å². The van der Waals surface area contributed by atoms with Crippen molar-refractivity contribution in [1.82, 2.24) is 24.8 Å². The molecule has 9 heteroatoms. The number of piperazine rings is 1. The summed E-state index contributed by atoms with van der Waals surface area (Å²) in [4.78, 5) is 30.3. The molecule has 0 spiro atoms. The maximum atomic E-state index is 13.7. The number of pyridine rings is 1. The minimum atomic E-state index is -0.00163. The fourth-order valence-corrected chi connectivity index (χ4v) is 5.56. The Hall–Kier alpha value is -4.68. The van der Waals surface area contributed by atoms with Crippen LogP contribution < -0.4 is 9.47 Å². The first kappa shape index (κ1) is 30.8. The molecule has 2 aromatic heterocycles. The first-order chi connectivity index (χ1) is 21.4. The Kier molecular flexibility index (Phi) is 9.93. The second-order valence-corrected chi connectivity index (χ2v) is 11.3. The van der Waals surface area contributed by atoms with E-state index in [1.807, 2.05) is 74.3 Å². The van der Waals surface area contributed by atoms with E-state index in [-0.39, 0.29) is 11.9 Å². The van der Waals surface area contributed by atoms with Crippen molar-refractivity contribution in [2.45, 2.75) is 53.0 Å². The number of carbonyl (C=O) groups excluding carboxylic acids is 1. The molecule has 0 radical (unpaired) electrons. The average Bonchev–Trinajstić information content (AvgIpc) is 3.46. The lowest BCUT2D eigenvalue weighted by Gasteiger charge is -2.39. The number of nitrogens with one attached hydrogen (secondary N) is 1. The number of aromatic nitrogens is 3. The van der Waals surface area contributed by atoms with Gasteiger partial charge < -0.3 is 19.4 Å². The van der Waals surface area contributed by atoms with Gasteiger partial charge in [0.05, 0.1) is 29.5 Å². The largest absolute Gasteiger partial charge is 0.492 e. The molecule has 3 heterocycles. The van der Waals surface area contributed by atoms with Crippen molar-refractivity contribution in [1.29, 1.82) is 5.26 Å². The minimum absolute atomic E-state index is 0.00163. The first-order valence-corrected chi connectivity index (χ1v) is 15.3. The number of unbranched alkanes of at least 4 members (excludes halogenated alkanes) is 1. The molecule has 2 aromatic carbocycles. The molecule has 4 aromatic rings. The molecule has 5 rings (SSSR count). The molecule has 1 saturated heterocycles. The van der Waals surface area contributed by atoms with Gasteiger partial charge in [-0.15, -0.1) is 0 Å². The number of aryl methyl sites for hydroxylation is 3. The number of ether oxygens (including phenoxy) is 2. The predicted octanol–water partition coefficient (Wildman–Crippen LogP) is 6.31. The van der Waals surface area contributed by atoms with Gasteiger partial charge in [-0.1, -0.05) is 37.6 Å². The number of para-hydroxylation sites is 1. The average molecular weight is 593 g/mol. The van der Waals surface area contributed by atoms with Gasteiger partial charge in [-0.25, -0.2) is 9.97 Å². The SMILES string of the molecule is CCCCOc1c(C)cccc1C(=O)N1CCN(C(Cc2ccc(C#N)c(Oc3cccc(C)n3)c2)c2cnc(C)[nH]2)CC1. The Bertz CT molecular complexity index is 1630. The fraction of sp³-hybridized carbons (Fsp3) is 0.371. The summed E-state index contributed by atoms with van der Waals surface area (Å²) >= 11 is 0. The molecular formula is C35H40N6O3. The Morgan fingerprint density at radius 3 is 2.57 bits per heavy atom. The molecule has 228 valence electrons. The Labute approximate surface area is 259 Å².